The Labute approximate surface area is 117 Å². The maximum atomic E-state index is 5.63. The van der Waals surface area contributed by atoms with Crippen LogP contribution >= 0.6 is 15.9 Å². The second-order valence-corrected chi connectivity index (χ2v) is 5.51. The largest absolute Gasteiger partial charge is 0.475 e. The van der Waals surface area contributed by atoms with Gasteiger partial charge in [-0.3, -0.25) is 4.90 Å². The molecule has 18 heavy (non-hydrogen) atoms. The highest BCUT2D eigenvalue weighted by Gasteiger charge is 2.13. The van der Waals surface area contributed by atoms with Crippen molar-refractivity contribution in [3.8, 4) is 5.88 Å². The molecule has 0 saturated heterocycles. The lowest BCUT2D eigenvalue weighted by Crippen LogP contribution is -2.39. The number of halogens is 1. The summed E-state index contributed by atoms with van der Waals surface area (Å²) in [6.45, 7) is 10.1. The molecule has 5 nitrogen and oxygen atoms in total. The smallest absolute Gasteiger partial charge is 0.232 e. The van der Waals surface area contributed by atoms with Crippen LogP contribution in [0.4, 0.5) is 5.95 Å². The van der Waals surface area contributed by atoms with E-state index < -0.39 is 0 Å². The fourth-order valence-electron chi connectivity index (χ4n) is 1.83. The molecule has 0 bridgehead atoms. The van der Waals surface area contributed by atoms with E-state index in [1.54, 1.807) is 6.20 Å². The molecule has 6 heteroatoms. The maximum absolute atomic E-state index is 5.63. The zero-order chi connectivity index (χ0) is 13.7. The van der Waals surface area contributed by atoms with Gasteiger partial charge in [0.25, 0.3) is 0 Å². The SMILES string of the molecule is CC(C)N(CCOc1nc(N)ncc1Br)C(C)C. The van der Waals surface area contributed by atoms with Crippen molar-refractivity contribution in [3.63, 3.8) is 0 Å². The Bertz CT molecular complexity index is 376. The van der Waals surface area contributed by atoms with Crippen LogP contribution in [0.25, 0.3) is 0 Å². The Kier molecular flexibility index (Phi) is 5.81. The van der Waals surface area contributed by atoms with Gasteiger partial charge in [0.05, 0.1) is 10.7 Å². The highest BCUT2D eigenvalue weighted by atomic mass is 79.9. The Morgan fingerprint density at radius 3 is 2.50 bits per heavy atom. The molecule has 0 amide bonds. The van der Waals surface area contributed by atoms with E-state index in [0.717, 1.165) is 11.0 Å². The van der Waals surface area contributed by atoms with Crippen LogP contribution in [0.15, 0.2) is 10.7 Å². The molecule has 0 fully saturated rings. The first-order valence-corrected chi connectivity index (χ1v) is 6.87. The monoisotopic (exact) mass is 316 g/mol. The molecular weight excluding hydrogens is 296 g/mol. The molecule has 102 valence electrons. The first-order valence-electron chi connectivity index (χ1n) is 6.08. The Morgan fingerprint density at radius 1 is 1.33 bits per heavy atom. The van der Waals surface area contributed by atoms with Gasteiger partial charge in [-0.05, 0) is 43.6 Å². The molecule has 0 aliphatic carbocycles. The third-order valence-electron chi connectivity index (χ3n) is 2.65. The van der Waals surface area contributed by atoms with Gasteiger partial charge >= 0.3 is 0 Å². The number of anilines is 1. The molecule has 1 heterocycles. The predicted molar refractivity (Wildman–Crippen MR) is 76.6 cm³/mol. The van der Waals surface area contributed by atoms with Crippen molar-refractivity contribution in [2.75, 3.05) is 18.9 Å². The summed E-state index contributed by atoms with van der Waals surface area (Å²) in [6.07, 6.45) is 1.60. The number of ether oxygens (including phenoxy) is 1. The Morgan fingerprint density at radius 2 is 1.94 bits per heavy atom. The summed E-state index contributed by atoms with van der Waals surface area (Å²) in [5, 5.41) is 0. The van der Waals surface area contributed by atoms with E-state index in [1.165, 1.54) is 0 Å². The molecule has 0 atom stereocenters. The van der Waals surface area contributed by atoms with Gasteiger partial charge in [-0.25, -0.2) is 4.98 Å². The average molecular weight is 317 g/mol. The third kappa shape index (κ3) is 4.42. The van der Waals surface area contributed by atoms with Crippen molar-refractivity contribution in [3.05, 3.63) is 10.7 Å². The lowest BCUT2D eigenvalue weighted by molar-refractivity contribution is 0.140. The molecule has 0 aliphatic heterocycles. The van der Waals surface area contributed by atoms with Crippen molar-refractivity contribution in [2.45, 2.75) is 39.8 Å². The minimum absolute atomic E-state index is 0.220. The molecule has 1 rings (SSSR count). The summed E-state index contributed by atoms with van der Waals surface area (Å²) in [7, 11) is 0. The van der Waals surface area contributed by atoms with Crippen molar-refractivity contribution >= 4 is 21.9 Å². The number of nitrogens with zero attached hydrogens (tertiary/aromatic N) is 3. The Balaban J connectivity index is 2.52. The minimum Gasteiger partial charge on any atom is -0.475 e. The van der Waals surface area contributed by atoms with Gasteiger partial charge in [0.2, 0.25) is 11.8 Å². The Hall–Kier alpha value is -0.880. The van der Waals surface area contributed by atoms with Gasteiger partial charge in [0.1, 0.15) is 6.61 Å². The molecule has 0 radical (unpaired) electrons. The molecule has 0 aromatic carbocycles. The average Bonchev–Trinajstić information content (AvgIpc) is 2.27. The zero-order valence-corrected chi connectivity index (χ0v) is 12.9. The van der Waals surface area contributed by atoms with Crippen LogP contribution in [0.3, 0.4) is 0 Å². The second kappa shape index (κ2) is 6.89. The summed E-state index contributed by atoms with van der Waals surface area (Å²) in [5.41, 5.74) is 5.52. The van der Waals surface area contributed by atoms with Crippen LogP contribution in [0.2, 0.25) is 0 Å². The van der Waals surface area contributed by atoms with Crippen LogP contribution in [-0.2, 0) is 0 Å². The summed E-state index contributed by atoms with van der Waals surface area (Å²) in [6, 6.07) is 0.986. The highest BCUT2D eigenvalue weighted by Crippen LogP contribution is 2.21. The molecule has 1 aromatic heterocycles. The van der Waals surface area contributed by atoms with Crippen molar-refractivity contribution in [2.24, 2.45) is 0 Å². The van der Waals surface area contributed by atoms with Crippen LogP contribution < -0.4 is 10.5 Å². The van der Waals surface area contributed by atoms with E-state index in [4.69, 9.17) is 10.5 Å². The van der Waals surface area contributed by atoms with Crippen LogP contribution in [0, 0.1) is 0 Å². The second-order valence-electron chi connectivity index (χ2n) is 4.66. The first kappa shape index (κ1) is 15.2. The number of nitrogens with two attached hydrogens (primary N) is 1. The molecular formula is C12H21BrN4O. The summed E-state index contributed by atoms with van der Waals surface area (Å²) in [5.74, 6) is 0.715. The number of nitrogen functional groups attached to an aromatic ring is 1. The number of rotatable bonds is 6. The standard InChI is InChI=1S/C12H21BrN4O/c1-8(2)17(9(3)4)5-6-18-11-10(13)7-15-12(14)16-11/h7-9H,5-6H2,1-4H3,(H2,14,15,16). The van der Waals surface area contributed by atoms with Gasteiger partial charge in [-0.1, -0.05) is 0 Å². The molecule has 1 aromatic rings. The van der Waals surface area contributed by atoms with Crippen LogP contribution in [-0.4, -0.2) is 40.1 Å². The number of hydrogen-bond acceptors (Lipinski definition) is 5. The maximum Gasteiger partial charge on any atom is 0.232 e. The highest BCUT2D eigenvalue weighted by molar-refractivity contribution is 9.10. The van der Waals surface area contributed by atoms with E-state index in [-0.39, 0.29) is 5.95 Å². The lowest BCUT2D eigenvalue weighted by Gasteiger charge is -2.30. The zero-order valence-electron chi connectivity index (χ0n) is 11.4. The van der Waals surface area contributed by atoms with Crippen LogP contribution in [0.5, 0.6) is 5.88 Å². The topological polar surface area (TPSA) is 64.3 Å². The quantitative estimate of drug-likeness (QED) is 0.872. The van der Waals surface area contributed by atoms with Gasteiger partial charge in [-0.2, -0.15) is 4.98 Å². The molecule has 2 N–H and O–H groups in total. The molecule has 0 spiro atoms. The van der Waals surface area contributed by atoms with Gasteiger partial charge < -0.3 is 10.5 Å². The minimum atomic E-state index is 0.220. The van der Waals surface area contributed by atoms with E-state index in [1.807, 2.05) is 0 Å². The fraction of sp³-hybridized carbons (Fsp3) is 0.667. The van der Waals surface area contributed by atoms with Gasteiger partial charge in [-0.15, -0.1) is 0 Å². The summed E-state index contributed by atoms with van der Waals surface area (Å²) in [4.78, 5) is 10.3. The van der Waals surface area contributed by atoms with Gasteiger partial charge in [0, 0.05) is 18.6 Å². The summed E-state index contributed by atoms with van der Waals surface area (Å²) < 4.78 is 6.35. The lowest BCUT2D eigenvalue weighted by atomic mass is 10.2. The number of aromatic nitrogens is 2. The molecule has 0 aliphatic rings. The van der Waals surface area contributed by atoms with Crippen molar-refractivity contribution in [1.29, 1.82) is 0 Å². The third-order valence-corrected chi connectivity index (χ3v) is 3.19. The fourth-order valence-corrected chi connectivity index (χ4v) is 2.13. The first-order chi connectivity index (χ1) is 8.41. The van der Waals surface area contributed by atoms with E-state index >= 15 is 0 Å². The molecule has 0 unspecified atom stereocenters. The van der Waals surface area contributed by atoms with Crippen LogP contribution in [0.1, 0.15) is 27.7 Å². The molecule has 0 saturated carbocycles. The van der Waals surface area contributed by atoms with E-state index in [9.17, 15) is 0 Å². The van der Waals surface area contributed by atoms with E-state index in [0.29, 0.717) is 24.6 Å². The van der Waals surface area contributed by atoms with Gasteiger partial charge in [0.15, 0.2) is 0 Å². The normalized spacial score (nSPS) is 11.6. The number of hydrogen-bond donors (Lipinski definition) is 1. The predicted octanol–water partition coefficient (Wildman–Crippen LogP) is 2.32. The van der Waals surface area contributed by atoms with Crippen molar-refractivity contribution < 1.29 is 4.74 Å². The van der Waals surface area contributed by atoms with Crippen molar-refractivity contribution in [1.82, 2.24) is 14.9 Å². The summed E-state index contributed by atoms with van der Waals surface area (Å²) >= 11 is 3.34. The van der Waals surface area contributed by atoms with E-state index in [2.05, 4.69) is 58.5 Å².